The summed E-state index contributed by atoms with van der Waals surface area (Å²) in [6, 6.07) is 8.74. The highest BCUT2D eigenvalue weighted by Crippen LogP contribution is 2.05. The van der Waals surface area contributed by atoms with Crippen molar-refractivity contribution in [2.75, 3.05) is 6.61 Å². The summed E-state index contributed by atoms with van der Waals surface area (Å²) < 4.78 is 6.41. The van der Waals surface area contributed by atoms with Gasteiger partial charge in [0.05, 0.1) is 6.61 Å². The molecular weight excluding hydrogens is 284 g/mol. The Hall–Kier alpha value is -2.70. The van der Waals surface area contributed by atoms with E-state index in [0.29, 0.717) is 6.42 Å². The van der Waals surface area contributed by atoms with Crippen LogP contribution in [-0.2, 0) is 27.3 Å². The number of hydrogen-bond donors (Lipinski definition) is 1. The smallest absolute Gasteiger partial charge is 0.328 e. The van der Waals surface area contributed by atoms with Gasteiger partial charge in [0.1, 0.15) is 25.2 Å². The summed E-state index contributed by atoms with van der Waals surface area (Å²) in [4.78, 5) is 27.8. The minimum atomic E-state index is -0.724. The first-order chi connectivity index (χ1) is 10.7. The first kappa shape index (κ1) is 15.7. The topological polar surface area (TPSA) is 86.1 Å². The van der Waals surface area contributed by atoms with E-state index >= 15 is 0 Å². The number of carbonyl (C=O) groups excluding carboxylic acids is 2. The molecule has 116 valence electrons. The van der Waals surface area contributed by atoms with Gasteiger partial charge in [-0.3, -0.25) is 4.79 Å². The van der Waals surface area contributed by atoms with Crippen LogP contribution in [0.2, 0.25) is 0 Å². The average Bonchev–Trinajstić information content (AvgIpc) is 3.00. The van der Waals surface area contributed by atoms with Crippen LogP contribution < -0.4 is 5.32 Å². The lowest BCUT2D eigenvalue weighted by Gasteiger charge is -2.17. The van der Waals surface area contributed by atoms with Crippen molar-refractivity contribution >= 4 is 11.9 Å². The number of hydrogen-bond acceptors (Lipinski definition) is 5. The molecule has 0 aliphatic carbocycles. The fourth-order valence-electron chi connectivity index (χ4n) is 1.99. The molecular formula is C15H18N4O3. The lowest BCUT2D eigenvalue weighted by Crippen LogP contribution is -2.44. The van der Waals surface area contributed by atoms with Crippen molar-refractivity contribution in [1.29, 1.82) is 0 Å². The van der Waals surface area contributed by atoms with E-state index in [2.05, 4.69) is 15.4 Å². The van der Waals surface area contributed by atoms with E-state index < -0.39 is 12.0 Å². The van der Waals surface area contributed by atoms with Crippen molar-refractivity contribution in [3.05, 3.63) is 48.5 Å². The molecule has 1 amide bonds. The average molecular weight is 302 g/mol. The van der Waals surface area contributed by atoms with Crippen molar-refractivity contribution < 1.29 is 14.3 Å². The minimum absolute atomic E-state index is 0.00466. The zero-order valence-electron chi connectivity index (χ0n) is 12.3. The quantitative estimate of drug-likeness (QED) is 0.756. The van der Waals surface area contributed by atoms with Gasteiger partial charge < -0.3 is 10.1 Å². The van der Waals surface area contributed by atoms with Gasteiger partial charge in [0.2, 0.25) is 5.91 Å². The van der Waals surface area contributed by atoms with Crippen LogP contribution in [0.5, 0.6) is 0 Å². The number of amides is 1. The predicted molar refractivity (Wildman–Crippen MR) is 78.7 cm³/mol. The van der Waals surface area contributed by atoms with Crippen LogP contribution in [0.1, 0.15) is 12.5 Å². The van der Waals surface area contributed by atoms with Crippen LogP contribution in [0.25, 0.3) is 0 Å². The summed E-state index contributed by atoms with van der Waals surface area (Å²) in [5.74, 6) is -0.766. The van der Waals surface area contributed by atoms with Gasteiger partial charge in [-0.15, -0.1) is 0 Å². The molecule has 1 aromatic heterocycles. The van der Waals surface area contributed by atoms with Gasteiger partial charge in [-0.25, -0.2) is 14.5 Å². The summed E-state index contributed by atoms with van der Waals surface area (Å²) in [5.41, 5.74) is 0.946. The molecule has 0 saturated carbocycles. The number of benzene rings is 1. The molecule has 0 aliphatic rings. The van der Waals surface area contributed by atoms with Crippen LogP contribution in [0.3, 0.4) is 0 Å². The normalized spacial score (nSPS) is 11.7. The lowest BCUT2D eigenvalue weighted by molar-refractivity contribution is -0.147. The second-order valence-electron chi connectivity index (χ2n) is 4.65. The third-order valence-corrected chi connectivity index (χ3v) is 2.96. The van der Waals surface area contributed by atoms with Gasteiger partial charge in [-0.2, -0.15) is 5.10 Å². The molecule has 0 spiro atoms. The molecule has 0 fully saturated rings. The molecule has 0 saturated heterocycles. The van der Waals surface area contributed by atoms with Gasteiger partial charge >= 0.3 is 5.97 Å². The number of ether oxygens (including phenoxy) is 1. The Morgan fingerprint density at radius 2 is 2.09 bits per heavy atom. The zero-order valence-corrected chi connectivity index (χ0v) is 12.3. The number of nitrogens with one attached hydrogen (secondary N) is 1. The van der Waals surface area contributed by atoms with Gasteiger partial charge in [-0.1, -0.05) is 30.3 Å². The van der Waals surface area contributed by atoms with Crippen molar-refractivity contribution in [2.45, 2.75) is 25.9 Å². The Kier molecular flexibility index (Phi) is 5.65. The molecule has 0 bridgehead atoms. The number of nitrogens with zero attached hydrogens (tertiary/aromatic N) is 3. The van der Waals surface area contributed by atoms with Gasteiger partial charge in [0.25, 0.3) is 0 Å². The molecule has 1 N–H and O–H groups in total. The Labute approximate surface area is 128 Å². The highest BCUT2D eigenvalue weighted by molar-refractivity contribution is 5.84. The third kappa shape index (κ3) is 4.69. The number of rotatable bonds is 7. The van der Waals surface area contributed by atoms with E-state index in [1.54, 1.807) is 6.92 Å². The van der Waals surface area contributed by atoms with Crippen LogP contribution in [0.4, 0.5) is 0 Å². The van der Waals surface area contributed by atoms with Crippen molar-refractivity contribution in [3.8, 4) is 0 Å². The first-order valence-corrected chi connectivity index (χ1v) is 7.01. The maximum absolute atomic E-state index is 12.0. The monoisotopic (exact) mass is 302 g/mol. The molecule has 1 aromatic carbocycles. The Balaban J connectivity index is 2.00. The largest absolute Gasteiger partial charge is 0.464 e. The fraction of sp³-hybridized carbons (Fsp3) is 0.333. The summed E-state index contributed by atoms with van der Waals surface area (Å²) in [5, 5.41) is 6.54. The van der Waals surface area contributed by atoms with Crippen molar-refractivity contribution in [1.82, 2.24) is 20.1 Å². The zero-order chi connectivity index (χ0) is 15.8. The number of aromatic nitrogens is 3. The van der Waals surface area contributed by atoms with Crippen LogP contribution in [0.15, 0.2) is 43.0 Å². The van der Waals surface area contributed by atoms with E-state index in [1.807, 2.05) is 30.3 Å². The molecule has 1 atom stereocenters. The Morgan fingerprint density at radius 3 is 2.73 bits per heavy atom. The molecule has 2 rings (SSSR count). The van der Waals surface area contributed by atoms with Crippen LogP contribution in [0, 0.1) is 0 Å². The van der Waals surface area contributed by atoms with Crippen molar-refractivity contribution in [2.24, 2.45) is 0 Å². The Morgan fingerprint density at radius 1 is 1.32 bits per heavy atom. The predicted octanol–water partition coefficient (Wildman–Crippen LogP) is 0.569. The molecule has 2 aromatic rings. The van der Waals surface area contributed by atoms with Gasteiger partial charge in [-0.05, 0) is 12.5 Å². The van der Waals surface area contributed by atoms with Crippen molar-refractivity contribution in [3.63, 3.8) is 0 Å². The summed E-state index contributed by atoms with van der Waals surface area (Å²) in [6.07, 6.45) is 3.17. The second-order valence-corrected chi connectivity index (χ2v) is 4.65. The standard InChI is InChI=1S/C15H18N4O3/c1-2-22-15(21)13(8-12-6-4-3-5-7-12)18-14(20)9-19-11-16-10-17-19/h3-7,10-11,13H,2,8-9H2,1H3,(H,18,20)/t13-/m1/s1. The van der Waals surface area contributed by atoms with Gasteiger partial charge in [0, 0.05) is 6.42 Å². The molecule has 22 heavy (non-hydrogen) atoms. The minimum Gasteiger partial charge on any atom is -0.464 e. The van der Waals surface area contributed by atoms with E-state index in [-0.39, 0.29) is 19.1 Å². The molecule has 0 aliphatic heterocycles. The van der Waals surface area contributed by atoms with E-state index in [0.717, 1.165) is 5.56 Å². The number of carbonyl (C=O) groups is 2. The second kappa shape index (κ2) is 7.92. The van der Waals surface area contributed by atoms with Gasteiger partial charge in [0.15, 0.2) is 0 Å². The maximum atomic E-state index is 12.0. The SMILES string of the molecule is CCOC(=O)[C@@H](Cc1ccccc1)NC(=O)Cn1cncn1. The first-order valence-electron chi connectivity index (χ1n) is 7.01. The van der Waals surface area contributed by atoms with Crippen LogP contribution >= 0.6 is 0 Å². The van der Waals surface area contributed by atoms with E-state index in [9.17, 15) is 9.59 Å². The molecule has 0 radical (unpaired) electrons. The maximum Gasteiger partial charge on any atom is 0.328 e. The van der Waals surface area contributed by atoms with E-state index in [4.69, 9.17) is 4.74 Å². The molecule has 1 heterocycles. The van der Waals surface area contributed by atoms with E-state index in [1.165, 1.54) is 17.3 Å². The third-order valence-electron chi connectivity index (χ3n) is 2.96. The molecule has 7 heteroatoms. The highest BCUT2D eigenvalue weighted by atomic mass is 16.5. The summed E-state index contributed by atoms with van der Waals surface area (Å²) >= 11 is 0. The highest BCUT2D eigenvalue weighted by Gasteiger charge is 2.22. The summed E-state index contributed by atoms with van der Waals surface area (Å²) in [6.45, 7) is 2.00. The molecule has 7 nitrogen and oxygen atoms in total. The lowest BCUT2D eigenvalue weighted by atomic mass is 10.1. The summed E-state index contributed by atoms with van der Waals surface area (Å²) in [7, 11) is 0. The van der Waals surface area contributed by atoms with Crippen LogP contribution in [-0.4, -0.2) is 39.3 Å². The molecule has 0 unspecified atom stereocenters. The number of esters is 1. The fourth-order valence-corrected chi connectivity index (χ4v) is 1.99. The Bertz CT molecular complexity index is 599.